The maximum Gasteiger partial charge on any atom is 0.263 e. The van der Waals surface area contributed by atoms with Crippen LogP contribution < -0.4 is 0 Å². The van der Waals surface area contributed by atoms with E-state index in [1.165, 1.54) is 11.3 Å². The molecule has 0 aliphatic carbocycles. The van der Waals surface area contributed by atoms with Crippen LogP contribution in [0.3, 0.4) is 0 Å². The van der Waals surface area contributed by atoms with E-state index in [9.17, 15) is 9.59 Å². The predicted molar refractivity (Wildman–Crippen MR) is 96.2 cm³/mol. The molecule has 0 radical (unpaired) electrons. The van der Waals surface area contributed by atoms with E-state index in [-0.39, 0.29) is 17.4 Å². The van der Waals surface area contributed by atoms with Gasteiger partial charge in [0.25, 0.3) is 5.91 Å². The minimum Gasteiger partial charge on any atom is -0.338 e. The third-order valence-corrected chi connectivity index (χ3v) is 6.31. The molecule has 0 bridgehead atoms. The van der Waals surface area contributed by atoms with Crippen molar-refractivity contribution in [2.75, 3.05) is 13.1 Å². The highest BCUT2D eigenvalue weighted by atomic mass is 32.1. The van der Waals surface area contributed by atoms with E-state index >= 15 is 0 Å². The molecule has 2 fully saturated rings. The van der Waals surface area contributed by atoms with Gasteiger partial charge in [-0.05, 0) is 42.3 Å². The minimum absolute atomic E-state index is 0.0981. The minimum atomic E-state index is -0.0981. The van der Waals surface area contributed by atoms with Crippen molar-refractivity contribution in [3.05, 3.63) is 52.5 Å². The van der Waals surface area contributed by atoms with Crippen LogP contribution in [-0.2, 0) is 11.3 Å². The van der Waals surface area contributed by atoms with E-state index in [4.69, 9.17) is 0 Å². The lowest BCUT2D eigenvalue weighted by molar-refractivity contribution is -0.133. The molecule has 2 aromatic heterocycles. The van der Waals surface area contributed by atoms with Gasteiger partial charge in [0, 0.05) is 44.0 Å². The Kier molecular flexibility index (Phi) is 4.29. The first-order valence-electron chi connectivity index (χ1n) is 8.70. The maximum absolute atomic E-state index is 12.5. The second-order valence-electron chi connectivity index (χ2n) is 6.84. The monoisotopic (exact) mass is 355 g/mol. The van der Waals surface area contributed by atoms with Crippen LogP contribution >= 0.6 is 11.3 Å². The van der Waals surface area contributed by atoms with Gasteiger partial charge in [0.2, 0.25) is 5.91 Å². The summed E-state index contributed by atoms with van der Waals surface area (Å²) < 4.78 is 0. The Hall–Kier alpha value is -2.21. The average molecular weight is 355 g/mol. The lowest BCUT2D eigenvalue weighted by Crippen LogP contribution is -2.53. The summed E-state index contributed by atoms with van der Waals surface area (Å²) in [6.07, 6.45) is 6.80. The molecular weight excluding hydrogens is 334 g/mol. The largest absolute Gasteiger partial charge is 0.338 e. The Labute approximate surface area is 151 Å². The number of hydrogen-bond donors (Lipinski definition) is 0. The molecule has 1 spiro atoms. The number of nitrogens with zero attached hydrogens (tertiary/aromatic N) is 3. The van der Waals surface area contributed by atoms with Crippen molar-refractivity contribution in [1.29, 1.82) is 0 Å². The van der Waals surface area contributed by atoms with Gasteiger partial charge in [-0.3, -0.25) is 14.6 Å². The third kappa shape index (κ3) is 3.06. The van der Waals surface area contributed by atoms with Crippen LogP contribution in [0.1, 0.15) is 40.9 Å². The Morgan fingerprint density at radius 2 is 2.04 bits per heavy atom. The molecule has 25 heavy (non-hydrogen) atoms. The molecule has 0 unspecified atom stereocenters. The Morgan fingerprint density at radius 1 is 1.20 bits per heavy atom. The first kappa shape index (κ1) is 16.3. The summed E-state index contributed by atoms with van der Waals surface area (Å²) in [5.41, 5.74) is 0.966. The SMILES string of the molecule is O=C(c1cccs1)N1CCC2(CCC(=O)N2Cc2cccnc2)CC1. The third-order valence-electron chi connectivity index (χ3n) is 5.45. The fraction of sp³-hybridized carbons (Fsp3) is 0.421. The predicted octanol–water partition coefficient (Wildman–Crippen LogP) is 2.94. The van der Waals surface area contributed by atoms with Gasteiger partial charge < -0.3 is 9.80 Å². The molecule has 5 nitrogen and oxygen atoms in total. The van der Waals surface area contributed by atoms with Crippen LogP contribution in [0.2, 0.25) is 0 Å². The van der Waals surface area contributed by atoms with Crippen LogP contribution in [0, 0.1) is 0 Å². The van der Waals surface area contributed by atoms with Crippen molar-refractivity contribution in [2.45, 2.75) is 37.8 Å². The van der Waals surface area contributed by atoms with Gasteiger partial charge >= 0.3 is 0 Å². The standard InChI is InChI=1S/C19H21N3O2S/c23-17-5-6-19(22(17)14-15-3-1-9-20-13-15)7-10-21(11-8-19)18(24)16-4-2-12-25-16/h1-4,9,12-13H,5-8,10-11,14H2. The molecular formula is C19H21N3O2S. The van der Waals surface area contributed by atoms with Gasteiger partial charge in [-0.1, -0.05) is 12.1 Å². The lowest BCUT2D eigenvalue weighted by Gasteiger charge is -2.45. The highest BCUT2D eigenvalue weighted by molar-refractivity contribution is 7.12. The quantitative estimate of drug-likeness (QED) is 0.851. The van der Waals surface area contributed by atoms with Crippen molar-refractivity contribution in [2.24, 2.45) is 0 Å². The van der Waals surface area contributed by atoms with E-state index in [2.05, 4.69) is 4.98 Å². The Bertz CT molecular complexity index is 752. The van der Waals surface area contributed by atoms with Crippen molar-refractivity contribution in [3.63, 3.8) is 0 Å². The molecule has 0 N–H and O–H groups in total. The zero-order valence-electron chi connectivity index (χ0n) is 14.1. The number of thiophene rings is 1. The number of aromatic nitrogens is 1. The summed E-state index contributed by atoms with van der Waals surface area (Å²) in [5, 5.41) is 1.93. The number of piperidine rings is 1. The summed E-state index contributed by atoms with van der Waals surface area (Å²) in [5.74, 6) is 0.342. The number of carbonyl (C=O) groups excluding carboxylic acids is 2. The molecule has 6 heteroatoms. The summed E-state index contributed by atoms with van der Waals surface area (Å²) in [4.78, 5) is 34.0. The highest BCUT2D eigenvalue weighted by Gasteiger charge is 2.47. The second kappa shape index (κ2) is 6.59. The van der Waals surface area contributed by atoms with E-state index < -0.39 is 0 Å². The average Bonchev–Trinajstić information content (AvgIpc) is 3.28. The van der Waals surface area contributed by atoms with E-state index in [1.807, 2.05) is 45.6 Å². The van der Waals surface area contributed by atoms with Crippen LogP contribution in [0.25, 0.3) is 0 Å². The van der Waals surface area contributed by atoms with Crippen molar-refractivity contribution in [3.8, 4) is 0 Å². The van der Waals surface area contributed by atoms with E-state index in [0.717, 1.165) is 29.7 Å². The maximum atomic E-state index is 12.5. The number of amides is 2. The lowest BCUT2D eigenvalue weighted by atomic mass is 9.84. The summed E-state index contributed by atoms with van der Waals surface area (Å²) >= 11 is 1.49. The molecule has 2 aliphatic rings. The summed E-state index contributed by atoms with van der Waals surface area (Å²) in [7, 11) is 0. The molecule has 2 aliphatic heterocycles. The Morgan fingerprint density at radius 3 is 2.72 bits per heavy atom. The van der Waals surface area contributed by atoms with Gasteiger partial charge in [-0.2, -0.15) is 0 Å². The van der Waals surface area contributed by atoms with Crippen molar-refractivity contribution < 1.29 is 9.59 Å². The molecule has 0 atom stereocenters. The van der Waals surface area contributed by atoms with Gasteiger partial charge in [0.05, 0.1) is 4.88 Å². The number of carbonyl (C=O) groups is 2. The molecule has 2 saturated heterocycles. The number of hydrogen-bond acceptors (Lipinski definition) is 4. The molecule has 0 aromatic carbocycles. The highest BCUT2D eigenvalue weighted by Crippen LogP contribution is 2.40. The van der Waals surface area contributed by atoms with Crippen LogP contribution in [0.4, 0.5) is 0 Å². The van der Waals surface area contributed by atoms with Gasteiger partial charge in [0.15, 0.2) is 0 Å². The van der Waals surface area contributed by atoms with Crippen LogP contribution in [0.5, 0.6) is 0 Å². The fourth-order valence-corrected chi connectivity index (χ4v) is 4.70. The zero-order chi connectivity index (χ0) is 17.3. The smallest absolute Gasteiger partial charge is 0.263 e. The number of rotatable bonds is 3. The molecule has 130 valence electrons. The second-order valence-corrected chi connectivity index (χ2v) is 7.78. The van der Waals surface area contributed by atoms with Crippen molar-refractivity contribution >= 4 is 23.2 Å². The van der Waals surface area contributed by atoms with Crippen LogP contribution in [-0.4, -0.2) is 45.2 Å². The van der Waals surface area contributed by atoms with E-state index in [0.29, 0.717) is 26.1 Å². The first-order chi connectivity index (χ1) is 12.2. The molecule has 0 saturated carbocycles. The van der Waals surface area contributed by atoms with Gasteiger partial charge in [0.1, 0.15) is 0 Å². The summed E-state index contributed by atoms with van der Waals surface area (Å²) in [6.45, 7) is 2.05. The first-order valence-corrected chi connectivity index (χ1v) is 9.58. The molecule has 2 aromatic rings. The van der Waals surface area contributed by atoms with Crippen LogP contribution in [0.15, 0.2) is 42.0 Å². The summed E-state index contributed by atoms with van der Waals surface area (Å²) in [6, 6.07) is 7.71. The molecule has 2 amide bonds. The molecule has 4 heterocycles. The fourth-order valence-electron chi connectivity index (χ4n) is 4.01. The number of likely N-dealkylation sites (tertiary alicyclic amines) is 2. The molecule has 4 rings (SSSR count). The van der Waals surface area contributed by atoms with Crippen molar-refractivity contribution in [1.82, 2.24) is 14.8 Å². The zero-order valence-corrected chi connectivity index (χ0v) is 14.9. The Balaban J connectivity index is 1.47. The van der Waals surface area contributed by atoms with E-state index in [1.54, 1.807) is 6.20 Å². The normalized spacial score (nSPS) is 19.6. The number of pyridine rings is 1. The van der Waals surface area contributed by atoms with Gasteiger partial charge in [-0.15, -0.1) is 11.3 Å². The topological polar surface area (TPSA) is 53.5 Å². The van der Waals surface area contributed by atoms with Gasteiger partial charge in [-0.25, -0.2) is 0 Å².